The van der Waals surface area contributed by atoms with Gasteiger partial charge in [-0.2, -0.15) is 0 Å². The van der Waals surface area contributed by atoms with Crippen molar-refractivity contribution >= 4 is 40.1 Å². The van der Waals surface area contributed by atoms with Crippen LogP contribution in [-0.4, -0.2) is 34.2 Å². The third-order valence-electron chi connectivity index (χ3n) is 3.64. The molecule has 0 aliphatic carbocycles. The van der Waals surface area contributed by atoms with Gasteiger partial charge in [0, 0.05) is 19.2 Å². The van der Waals surface area contributed by atoms with Gasteiger partial charge in [-0.1, -0.05) is 36.0 Å². The van der Waals surface area contributed by atoms with Crippen molar-refractivity contribution < 1.29 is 14.0 Å². The van der Waals surface area contributed by atoms with Gasteiger partial charge in [0.15, 0.2) is 5.17 Å². The van der Waals surface area contributed by atoms with Crippen molar-refractivity contribution in [2.24, 2.45) is 4.99 Å². The molecule has 1 aliphatic rings. The standard InChI is InChI=1S/C18H16FN3O2S/c1-22-16(23)11-15(17(24)20-13-7-3-2-4-8-13)25-18(22)21-14-9-5-6-12(19)10-14/h2-10,15H,11H2,1H3,(H,20,24). The van der Waals surface area contributed by atoms with Crippen molar-refractivity contribution in [1.29, 1.82) is 0 Å². The van der Waals surface area contributed by atoms with E-state index in [1.54, 1.807) is 31.3 Å². The van der Waals surface area contributed by atoms with Crippen molar-refractivity contribution in [2.75, 3.05) is 12.4 Å². The average Bonchev–Trinajstić information content (AvgIpc) is 2.59. The van der Waals surface area contributed by atoms with Crippen molar-refractivity contribution in [3.05, 3.63) is 60.4 Å². The molecule has 1 saturated heterocycles. The second-order valence-corrected chi connectivity index (χ2v) is 6.66. The number of hydrogen-bond acceptors (Lipinski definition) is 4. The van der Waals surface area contributed by atoms with Gasteiger partial charge in [-0.15, -0.1) is 0 Å². The number of nitrogens with one attached hydrogen (secondary N) is 1. The smallest absolute Gasteiger partial charge is 0.238 e. The number of thioether (sulfide) groups is 1. The highest BCUT2D eigenvalue weighted by Crippen LogP contribution is 2.29. The zero-order valence-electron chi connectivity index (χ0n) is 13.5. The molecule has 2 amide bonds. The fourth-order valence-electron chi connectivity index (χ4n) is 2.30. The Morgan fingerprint density at radius 2 is 2.00 bits per heavy atom. The van der Waals surface area contributed by atoms with E-state index < -0.39 is 11.1 Å². The number of aliphatic imine (C=N–C) groups is 1. The molecule has 7 heteroatoms. The van der Waals surface area contributed by atoms with Crippen LogP contribution in [0.1, 0.15) is 6.42 Å². The minimum atomic E-state index is -0.587. The predicted octanol–water partition coefficient (Wildman–Crippen LogP) is 3.42. The van der Waals surface area contributed by atoms with Crippen LogP contribution in [0, 0.1) is 5.82 Å². The van der Waals surface area contributed by atoms with Gasteiger partial charge in [0.05, 0.1) is 5.69 Å². The Kier molecular flexibility index (Phi) is 5.14. The fourth-order valence-corrected chi connectivity index (χ4v) is 3.36. The Hall–Kier alpha value is -2.67. The molecule has 2 aromatic rings. The Morgan fingerprint density at radius 1 is 1.24 bits per heavy atom. The maximum absolute atomic E-state index is 13.3. The largest absolute Gasteiger partial charge is 0.325 e. The molecule has 5 nitrogen and oxygen atoms in total. The van der Waals surface area contributed by atoms with Gasteiger partial charge in [0.1, 0.15) is 11.1 Å². The van der Waals surface area contributed by atoms with E-state index in [1.807, 2.05) is 18.2 Å². The molecule has 0 bridgehead atoms. The van der Waals surface area contributed by atoms with Crippen LogP contribution in [0.5, 0.6) is 0 Å². The molecule has 1 aliphatic heterocycles. The molecular weight excluding hydrogens is 341 g/mol. The third kappa shape index (κ3) is 4.24. The summed E-state index contributed by atoms with van der Waals surface area (Å²) in [6.07, 6.45) is 0.0853. The van der Waals surface area contributed by atoms with E-state index in [0.717, 1.165) is 0 Å². The number of carbonyl (C=O) groups excluding carboxylic acids is 2. The van der Waals surface area contributed by atoms with Crippen LogP contribution in [0.3, 0.4) is 0 Å². The minimum absolute atomic E-state index is 0.0853. The number of anilines is 1. The summed E-state index contributed by atoms with van der Waals surface area (Å²) < 4.78 is 13.3. The van der Waals surface area contributed by atoms with Crippen LogP contribution in [0.4, 0.5) is 15.8 Å². The zero-order chi connectivity index (χ0) is 17.8. The lowest BCUT2D eigenvalue weighted by Gasteiger charge is -2.28. The van der Waals surface area contributed by atoms with Crippen LogP contribution in [0.2, 0.25) is 0 Å². The Balaban J connectivity index is 1.78. The molecule has 3 rings (SSSR count). The van der Waals surface area contributed by atoms with Gasteiger partial charge in [0.2, 0.25) is 11.8 Å². The molecular formula is C18H16FN3O2S. The molecule has 2 aromatic carbocycles. The zero-order valence-corrected chi connectivity index (χ0v) is 14.3. The molecule has 1 unspecified atom stereocenters. The first-order valence-electron chi connectivity index (χ1n) is 7.66. The lowest BCUT2D eigenvalue weighted by atomic mass is 10.2. The van der Waals surface area contributed by atoms with Crippen molar-refractivity contribution in [3.8, 4) is 0 Å². The predicted molar refractivity (Wildman–Crippen MR) is 97.3 cm³/mol. The van der Waals surface area contributed by atoms with Gasteiger partial charge in [0.25, 0.3) is 0 Å². The number of nitrogens with zero attached hydrogens (tertiary/aromatic N) is 2. The van der Waals surface area contributed by atoms with E-state index in [0.29, 0.717) is 16.5 Å². The first-order valence-corrected chi connectivity index (χ1v) is 8.54. The molecule has 1 N–H and O–H groups in total. The van der Waals surface area contributed by atoms with E-state index in [-0.39, 0.29) is 18.2 Å². The quantitative estimate of drug-likeness (QED) is 0.916. The van der Waals surface area contributed by atoms with E-state index in [2.05, 4.69) is 10.3 Å². The monoisotopic (exact) mass is 357 g/mol. The topological polar surface area (TPSA) is 61.8 Å². The molecule has 0 aromatic heterocycles. The summed E-state index contributed by atoms with van der Waals surface area (Å²) in [6.45, 7) is 0. The summed E-state index contributed by atoms with van der Waals surface area (Å²) in [5.74, 6) is -0.873. The molecule has 0 radical (unpaired) electrons. The first kappa shape index (κ1) is 17.2. The normalized spacial score (nSPS) is 19.1. The second-order valence-electron chi connectivity index (χ2n) is 5.49. The highest BCUT2D eigenvalue weighted by atomic mass is 32.2. The van der Waals surface area contributed by atoms with E-state index in [1.165, 1.54) is 28.8 Å². The van der Waals surface area contributed by atoms with E-state index in [4.69, 9.17) is 0 Å². The number of para-hydroxylation sites is 1. The number of benzene rings is 2. The summed E-state index contributed by atoms with van der Waals surface area (Å²) in [5.41, 5.74) is 1.06. The number of amides is 2. The maximum Gasteiger partial charge on any atom is 0.238 e. The van der Waals surface area contributed by atoms with Gasteiger partial charge >= 0.3 is 0 Å². The van der Waals surface area contributed by atoms with E-state index in [9.17, 15) is 14.0 Å². The highest BCUT2D eigenvalue weighted by Gasteiger charge is 2.34. The third-order valence-corrected chi connectivity index (χ3v) is 4.88. The molecule has 128 valence electrons. The highest BCUT2D eigenvalue weighted by molar-refractivity contribution is 8.15. The van der Waals surface area contributed by atoms with Crippen LogP contribution >= 0.6 is 11.8 Å². The van der Waals surface area contributed by atoms with Crippen molar-refractivity contribution in [3.63, 3.8) is 0 Å². The van der Waals surface area contributed by atoms with Crippen LogP contribution in [-0.2, 0) is 9.59 Å². The lowest BCUT2D eigenvalue weighted by molar-refractivity contribution is -0.128. The Labute approximate surface area is 148 Å². The molecule has 1 heterocycles. The first-order chi connectivity index (χ1) is 12.0. The Morgan fingerprint density at radius 3 is 2.72 bits per heavy atom. The number of amidine groups is 1. The van der Waals surface area contributed by atoms with Crippen LogP contribution in [0.15, 0.2) is 59.6 Å². The molecule has 25 heavy (non-hydrogen) atoms. The van der Waals surface area contributed by atoms with Gasteiger partial charge < -0.3 is 5.32 Å². The van der Waals surface area contributed by atoms with Gasteiger partial charge in [-0.3, -0.25) is 14.5 Å². The molecule has 1 fully saturated rings. The average molecular weight is 357 g/mol. The van der Waals surface area contributed by atoms with Crippen molar-refractivity contribution in [1.82, 2.24) is 4.90 Å². The van der Waals surface area contributed by atoms with Gasteiger partial charge in [-0.05, 0) is 30.3 Å². The maximum atomic E-state index is 13.3. The molecule has 0 saturated carbocycles. The number of carbonyl (C=O) groups is 2. The van der Waals surface area contributed by atoms with Crippen LogP contribution < -0.4 is 5.32 Å². The molecule has 0 spiro atoms. The summed E-state index contributed by atoms with van der Waals surface area (Å²) in [6, 6.07) is 14.8. The lowest BCUT2D eigenvalue weighted by Crippen LogP contribution is -2.43. The van der Waals surface area contributed by atoms with Gasteiger partial charge in [-0.25, -0.2) is 9.38 Å². The Bertz CT molecular complexity index is 826. The SMILES string of the molecule is CN1C(=O)CC(C(=O)Nc2ccccc2)SC1=Nc1cccc(F)c1. The van der Waals surface area contributed by atoms with Crippen LogP contribution in [0.25, 0.3) is 0 Å². The fraction of sp³-hybridized carbons (Fsp3) is 0.167. The number of rotatable bonds is 3. The second kappa shape index (κ2) is 7.48. The minimum Gasteiger partial charge on any atom is -0.325 e. The number of hydrogen-bond donors (Lipinski definition) is 1. The van der Waals surface area contributed by atoms with E-state index >= 15 is 0 Å². The summed E-state index contributed by atoms with van der Waals surface area (Å²) in [4.78, 5) is 30.4. The molecule has 1 atom stereocenters. The summed E-state index contributed by atoms with van der Waals surface area (Å²) in [7, 11) is 1.60. The summed E-state index contributed by atoms with van der Waals surface area (Å²) >= 11 is 1.19. The van der Waals surface area contributed by atoms with Crippen molar-refractivity contribution in [2.45, 2.75) is 11.7 Å². The summed E-state index contributed by atoms with van der Waals surface area (Å²) in [5, 5.41) is 2.58. The number of halogens is 1.